The van der Waals surface area contributed by atoms with Gasteiger partial charge in [0.25, 0.3) is 0 Å². The van der Waals surface area contributed by atoms with Crippen LogP contribution in [0.4, 0.5) is 0 Å². The number of benzene rings is 3. The lowest BCUT2D eigenvalue weighted by Gasteiger charge is -2.49. The Labute approximate surface area is 255 Å². The number of rotatable bonds is 17. The first kappa shape index (κ1) is 33.0. The third-order valence-electron chi connectivity index (χ3n) is 6.99. The van der Waals surface area contributed by atoms with E-state index in [1.165, 1.54) is 0 Å². The van der Waals surface area contributed by atoms with Crippen molar-refractivity contribution in [3.05, 3.63) is 133 Å². The molecule has 0 heterocycles. The molecule has 6 atom stereocenters. The third-order valence-corrected chi connectivity index (χ3v) is 7.74. The highest BCUT2D eigenvalue weighted by atomic mass is 31.2. The van der Waals surface area contributed by atoms with Crippen LogP contribution in [-0.4, -0.2) is 63.2 Å². The molecule has 0 unspecified atom stereocenters. The fourth-order valence-corrected chi connectivity index (χ4v) is 5.97. The lowest BCUT2D eigenvalue weighted by molar-refractivity contribution is -0.271. The van der Waals surface area contributed by atoms with Gasteiger partial charge in [-0.2, -0.15) is 0 Å². The van der Waals surface area contributed by atoms with Gasteiger partial charge in [-0.05, 0) is 16.7 Å². The van der Waals surface area contributed by atoms with Crippen LogP contribution in [0.3, 0.4) is 0 Å². The molecule has 4 rings (SSSR count). The minimum Gasteiger partial charge on any atom is -0.369 e. The summed E-state index contributed by atoms with van der Waals surface area (Å²) in [7, 11) is -3.04. The SMILES string of the molecule is C=CCO[C@H]1[C@H](OCc2ccccc2)[C@@H](OCC=C)[C@H](OP(C)(C)=O)[C@@H](OCc2ccccc2)[C@H]1OCc1ccccc1. The summed E-state index contributed by atoms with van der Waals surface area (Å²) in [4.78, 5) is 0. The van der Waals surface area contributed by atoms with Crippen molar-refractivity contribution < 1.29 is 32.8 Å². The van der Waals surface area contributed by atoms with Crippen LogP contribution < -0.4 is 0 Å². The molecule has 7 nitrogen and oxygen atoms in total. The molecule has 0 bridgehead atoms. The molecule has 0 saturated heterocycles. The van der Waals surface area contributed by atoms with Gasteiger partial charge in [-0.25, -0.2) is 0 Å². The van der Waals surface area contributed by atoms with Gasteiger partial charge in [0.1, 0.15) is 36.6 Å². The average Bonchev–Trinajstić information content (AvgIpc) is 3.02. The van der Waals surface area contributed by atoms with Crippen LogP contribution in [0.5, 0.6) is 0 Å². The normalized spacial score (nSPS) is 24.0. The predicted molar refractivity (Wildman–Crippen MR) is 169 cm³/mol. The lowest BCUT2D eigenvalue weighted by atomic mass is 9.83. The molecule has 0 N–H and O–H groups in total. The summed E-state index contributed by atoms with van der Waals surface area (Å²) in [5.41, 5.74) is 2.97. The summed E-state index contributed by atoms with van der Waals surface area (Å²) in [5.74, 6) is 0. The maximum atomic E-state index is 13.3. The zero-order valence-corrected chi connectivity index (χ0v) is 25.9. The van der Waals surface area contributed by atoms with Crippen LogP contribution in [-0.2, 0) is 52.6 Å². The highest BCUT2D eigenvalue weighted by Gasteiger charge is 2.55. The second kappa shape index (κ2) is 16.8. The minimum absolute atomic E-state index is 0.225. The first-order valence-electron chi connectivity index (χ1n) is 14.5. The Balaban J connectivity index is 1.76. The van der Waals surface area contributed by atoms with Crippen LogP contribution in [0.15, 0.2) is 116 Å². The Kier molecular flexibility index (Phi) is 12.9. The van der Waals surface area contributed by atoms with Gasteiger partial charge in [-0.1, -0.05) is 103 Å². The molecule has 1 aliphatic rings. The first-order chi connectivity index (χ1) is 20.9. The van der Waals surface area contributed by atoms with Crippen molar-refractivity contribution in [3.8, 4) is 0 Å². The zero-order chi connectivity index (χ0) is 30.5. The van der Waals surface area contributed by atoms with E-state index < -0.39 is 44.0 Å². The van der Waals surface area contributed by atoms with Crippen molar-refractivity contribution in [2.75, 3.05) is 26.5 Å². The number of hydrogen-bond acceptors (Lipinski definition) is 7. The van der Waals surface area contributed by atoms with Gasteiger partial charge < -0.3 is 28.2 Å². The Bertz CT molecular complexity index is 1280. The van der Waals surface area contributed by atoms with E-state index in [0.717, 1.165) is 16.7 Å². The van der Waals surface area contributed by atoms with E-state index in [-0.39, 0.29) is 19.8 Å². The second-order valence-electron chi connectivity index (χ2n) is 10.8. The van der Waals surface area contributed by atoms with E-state index in [4.69, 9.17) is 28.2 Å². The van der Waals surface area contributed by atoms with Crippen LogP contribution in [0.2, 0.25) is 0 Å². The smallest absolute Gasteiger partial charge is 0.197 e. The van der Waals surface area contributed by atoms with Crippen LogP contribution in [0.1, 0.15) is 16.7 Å². The van der Waals surface area contributed by atoms with Crippen LogP contribution in [0.25, 0.3) is 0 Å². The Hall–Kier alpha value is -2.87. The first-order valence-corrected chi connectivity index (χ1v) is 17.1. The Morgan fingerprint density at radius 2 is 0.837 bits per heavy atom. The van der Waals surface area contributed by atoms with Gasteiger partial charge in [0.2, 0.25) is 0 Å². The fraction of sp³-hybridized carbons (Fsp3) is 0.371. The predicted octanol–water partition coefficient (Wildman–Crippen LogP) is 6.82. The molecule has 0 radical (unpaired) electrons. The monoisotopic (exact) mass is 606 g/mol. The molecule has 8 heteroatoms. The molecule has 0 aromatic heterocycles. The summed E-state index contributed by atoms with van der Waals surface area (Å²) in [6.07, 6.45) is -0.806. The Morgan fingerprint density at radius 1 is 0.535 bits per heavy atom. The molecule has 1 fully saturated rings. The largest absolute Gasteiger partial charge is 0.369 e. The maximum Gasteiger partial charge on any atom is 0.197 e. The van der Waals surface area contributed by atoms with Crippen molar-refractivity contribution in [1.29, 1.82) is 0 Å². The van der Waals surface area contributed by atoms with E-state index in [9.17, 15) is 4.57 Å². The van der Waals surface area contributed by atoms with Gasteiger partial charge >= 0.3 is 0 Å². The summed E-state index contributed by atoms with van der Waals surface area (Å²) in [6.45, 7) is 12.3. The molecule has 0 spiro atoms. The molecule has 1 saturated carbocycles. The fourth-order valence-electron chi connectivity index (χ4n) is 5.14. The average molecular weight is 607 g/mol. The molecule has 0 aliphatic heterocycles. The third kappa shape index (κ3) is 10.1. The number of hydrogen-bond donors (Lipinski definition) is 0. The summed E-state index contributed by atoms with van der Waals surface area (Å²) in [5, 5.41) is 0. The van der Waals surface area contributed by atoms with Crippen molar-refractivity contribution in [2.45, 2.75) is 56.4 Å². The van der Waals surface area contributed by atoms with Crippen molar-refractivity contribution >= 4 is 7.37 Å². The van der Waals surface area contributed by atoms with Crippen molar-refractivity contribution in [1.82, 2.24) is 0 Å². The van der Waals surface area contributed by atoms with E-state index in [1.54, 1.807) is 25.5 Å². The second-order valence-corrected chi connectivity index (χ2v) is 13.5. The summed E-state index contributed by atoms with van der Waals surface area (Å²) < 4.78 is 52.3. The minimum atomic E-state index is -3.04. The van der Waals surface area contributed by atoms with E-state index >= 15 is 0 Å². The summed E-state index contributed by atoms with van der Waals surface area (Å²) in [6, 6.07) is 29.7. The van der Waals surface area contributed by atoms with E-state index in [2.05, 4.69) is 13.2 Å². The highest BCUT2D eigenvalue weighted by Crippen LogP contribution is 2.45. The quantitative estimate of drug-likeness (QED) is 0.123. The lowest BCUT2D eigenvalue weighted by Crippen LogP contribution is -2.67. The molecule has 230 valence electrons. The van der Waals surface area contributed by atoms with Gasteiger partial charge in [0, 0.05) is 13.3 Å². The molecule has 1 aliphatic carbocycles. The van der Waals surface area contributed by atoms with Crippen LogP contribution >= 0.6 is 7.37 Å². The molecule has 43 heavy (non-hydrogen) atoms. The van der Waals surface area contributed by atoms with Gasteiger partial charge in [-0.15, -0.1) is 13.2 Å². The van der Waals surface area contributed by atoms with Gasteiger partial charge in [0.15, 0.2) is 7.37 Å². The van der Waals surface area contributed by atoms with E-state index in [1.807, 2.05) is 91.0 Å². The van der Waals surface area contributed by atoms with Crippen LogP contribution in [0, 0.1) is 0 Å². The number of ether oxygens (including phenoxy) is 5. The topological polar surface area (TPSA) is 72.5 Å². The molecular formula is C35H43O7P. The molecule has 0 amide bonds. The van der Waals surface area contributed by atoms with Crippen molar-refractivity contribution in [3.63, 3.8) is 0 Å². The van der Waals surface area contributed by atoms with Gasteiger partial charge in [-0.3, -0.25) is 4.57 Å². The molecule has 3 aromatic rings. The standard InChI is InChI=1S/C35H43O7P/c1-5-22-37-30-31(39-24-27-16-10-7-11-17-27)33(38-23-6-2)35(42-43(3,4)36)34(41-26-29-20-14-9-15-21-29)32(30)40-25-28-18-12-8-13-19-28/h5-21,30-35H,1-2,22-26H2,3-4H3/t30-,31-,32-,33+,34-,35-/m0/s1. The Morgan fingerprint density at radius 3 is 1.16 bits per heavy atom. The van der Waals surface area contributed by atoms with Gasteiger partial charge in [0.05, 0.1) is 33.0 Å². The molecule has 3 aromatic carbocycles. The maximum absolute atomic E-state index is 13.3. The van der Waals surface area contributed by atoms with E-state index in [0.29, 0.717) is 13.2 Å². The highest BCUT2D eigenvalue weighted by molar-refractivity contribution is 7.57. The molecular weight excluding hydrogens is 563 g/mol. The zero-order valence-electron chi connectivity index (χ0n) is 25.0. The van der Waals surface area contributed by atoms with Crippen molar-refractivity contribution in [2.24, 2.45) is 0 Å². The summed E-state index contributed by atoms with van der Waals surface area (Å²) >= 11 is 0.